The fraction of sp³-hybridized carbons (Fsp3) is 0.875. The zero-order valence-corrected chi connectivity index (χ0v) is 8.60. The smallest absolute Gasteiger partial charge is 0.298 e. The van der Waals surface area contributed by atoms with Crippen LogP contribution in [-0.2, 0) is 4.79 Å². The molecular weight excluding hydrogens is 211 g/mol. The van der Waals surface area contributed by atoms with Crippen molar-refractivity contribution < 1.29 is 18.0 Å². The molecule has 7 heteroatoms. The van der Waals surface area contributed by atoms with E-state index in [1.165, 1.54) is 11.9 Å². The van der Waals surface area contributed by atoms with Crippen molar-refractivity contribution in [1.29, 1.82) is 0 Å². The SMILES string of the molecule is CN(CCCCC(=O)NN)CC(F)(F)F. The van der Waals surface area contributed by atoms with Crippen LogP contribution in [0.2, 0.25) is 0 Å². The van der Waals surface area contributed by atoms with Gasteiger partial charge in [0, 0.05) is 6.42 Å². The molecular formula is C8H16F3N3O. The first-order chi connectivity index (χ1) is 6.85. The molecule has 0 aromatic heterocycles. The monoisotopic (exact) mass is 227 g/mol. The highest BCUT2D eigenvalue weighted by Gasteiger charge is 2.28. The molecule has 4 nitrogen and oxygen atoms in total. The van der Waals surface area contributed by atoms with Gasteiger partial charge in [0.15, 0.2) is 0 Å². The molecule has 3 N–H and O–H groups in total. The Morgan fingerprint density at radius 2 is 2.00 bits per heavy atom. The molecule has 0 aromatic carbocycles. The zero-order valence-electron chi connectivity index (χ0n) is 8.60. The van der Waals surface area contributed by atoms with Crippen LogP contribution >= 0.6 is 0 Å². The molecule has 0 bridgehead atoms. The van der Waals surface area contributed by atoms with E-state index < -0.39 is 12.7 Å². The predicted molar refractivity (Wildman–Crippen MR) is 49.7 cm³/mol. The third-order valence-corrected chi connectivity index (χ3v) is 1.80. The number of nitrogens with one attached hydrogen (secondary N) is 1. The summed E-state index contributed by atoms with van der Waals surface area (Å²) in [4.78, 5) is 11.8. The van der Waals surface area contributed by atoms with Crippen molar-refractivity contribution in [2.75, 3.05) is 20.1 Å². The Labute approximate surface area is 86.6 Å². The summed E-state index contributed by atoms with van der Waals surface area (Å²) in [5.41, 5.74) is 1.96. The number of amides is 1. The van der Waals surface area contributed by atoms with Crippen LogP contribution in [0.5, 0.6) is 0 Å². The van der Waals surface area contributed by atoms with Crippen LogP contribution in [0.1, 0.15) is 19.3 Å². The van der Waals surface area contributed by atoms with Gasteiger partial charge in [-0.1, -0.05) is 0 Å². The second-order valence-corrected chi connectivity index (χ2v) is 3.38. The average molecular weight is 227 g/mol. The third kappa shape index (κ3) is 9.48. The van der Waals surface area contributed by atoms with Gasteiger partial charge in [-0.3, -0.25) is 15.1 Å². The Balaban J connectivity index is 3.47. The van der Waals surface area contributed by atoms with Gasteiger partial charge < -0.3 is 0 Å². The first-order valence-corrected chi connectivity index (χ1v) is 4.60. The predicted octanol–water partition coefficient (Wildman–Crippen LogP) is 0.641. The van der Waals surface area contributed by atoms with Crippen molar-refractivity contribution in [3.05, 3.63) is 0 Å². The quantitative estimate of drug-likeness (QED) is 0.303. The van der Waals surface area contributed by atoms with Gasteiger partial charge in [0.25, 0.3) is 0 Å². The van der Waals surface area contributed by atoms with Crippen LogP contribution in [0.15, 0.2) is 0 Å². The van der Waals surface area contributed by atoms with Gasteiger partial charge in [0.1, 0.15) is 0 Å². The maximum Gasteiger partial charge on any atom is 0.401 e. The Morgan fingerprint density at radius 3 is 2.47 bits per heavy atom. The van der Waals surface area contributed by atoms with E-state index in [-0.39, 0.29) is 12.3 Å². The number of rotatable bonds is 6. The highest BCUT2D eigenvalue weighted by Crippen LogP contribution is 2.15. The van der Waals surface area contributed by atoms with Crippen LogP contribution < -0.4 is 11.3 Å². The normalized spacial score (nSPS) is 11.9. The average Bonchev–Trinajstić information content (AvgIpc) is 2.09. The lowest BCUT2D eigenvalue weighted by molar-refractivity contribution is -0.143. The van der Waals surface area contributed by atoms with Crippen LogP contribution in [0.4, 0.5) is 13.2 Å². The van der Waals surface area contributed by atoms with Crippen molar-refractivity contribution in [1.82, 2.24) is 10.3 Å². The highest BCUT2D eigenvalue weighted by atomic mass is 19.4. The molecule has 0 rings (SSSR count). The second kappa shape index (κ2) is 6.62. The summed E-state index contributed by atoms with van der Waals surface area (Å²) in [5.74, 6) is 4.54. The molecule has 0 unspecified atom stereocenters. The molecule has 0 aliphatic heterocycles. The van der Waals surface area contributed by atoms with Gasteiger partial charge in [-0.15, -0.1) is 0 Å². The molecule has 0 fully saturated rings. The minimum absolute atomic E-state index is 0.246. The number of halogens is 3. The van der Waals surface area contributed by atoms with Gasteiger partial charge in [-0.2, -0.15) is 13.2 Å². The molecule has 90 valence electrons. The minimum Gasteiger partial charge on any atom is -0.298 e. The van der Waals surface area contributed by atoms with Gasteiger partial charge in [-0.05, 0) is 26.4 Å². The van der Waals surface area contributed by atoms with Crippen molar-refractivity contribution in [3.8, 4) is 0 Å². The second-order valence-electron chi connectivity index (χ2n) is 3.38. The zero-order chi connectivity index (χ0) is 11.9. The standard InChI is InChI=1S/C8H16F3N3O/c1-14(6-8(9,10)11)5-3-2-4-7(15)13-12/h2-6,12H2,1H3,(H,13,15). The van der Waals surface area contributed by atoms with E-state index in [0.717, 1.165) is 0 Å². The lowest BCUT2D eigenvalue weighted by Crippen LogP contribution is -2.32. The van der Waals surface area contributed by atoms with Crippen LogP contribution in [0.3, 0.4) is 0 Å². The van der Waals surface area contributed by atoms with Crippen LogP contribution in [0.25, 0.3) is 0 Å². The van der Waals surface area contributed by atoms with Crippen molar-refractivity contribution in [2.24, 2.45) is 5.84 Å². The lowest BCUT2D eigenvalue weighted by atomic mass is 10.2. The fourth-order valence-electron chi connectivity index (χ4n) is 1.12. The van der Waals surface area contributed by atoms with E-state index >= 15 is 0 Å². The first kappa shape index (κ1) is 14.2. The molecule has 0 atom stereocenters. The highest BCUT2D eigenvalue weighted by molar-refractivity contribution is 5.74. The summed E-state index contributed by atoms with van der Waals surface area (Å²) < 4.78 is 35.6. The fourth-order valence-corrected chi connectivity index (χ4v) is 1.12. The largest absolute Gasteiger partial charge is 0.401 e. The van der Waals surface area contributed by atoms with Crippen molar-refractivity contribution in [3.63, 3.8) is 0 Å². The summed E-state index contributed by atoms with van der Waals surface area (Å²) in [6, 6.07) is 0. The number of unbranched alkanes of at least 4 members (excludes halogenated alkanes) is 1. The van der Waals surface area contributed by atoms with Gasteiger partial charge in [0.2, 0.25) is 5.91 Å². The van der Waals surface area contributed by atoms with E-state index in [1.807, 2.05) is 5.43 Å². The van der Waals surface area contributed by atoms with Crippen molar-refractivity contribution >= 4 is 5.91 Å². The molecule has 0 saturated heterocycles. The number of hydrazine groups is 1. The van der Waals surface area contributed by atoms with Gasteiger partial charge in [-0.25, -0.2) is 5.84 Å². The van der Waals surface area contributed by atoms with E-state index in [2.05, 4.69) is 0 Å². The number of hydrogen-bond donors (Lipinski definition) is 2. The molecule has 0 aromatic rings. The summed E-state index contributed by atoms with van der Waals surface area (Å²) in [6.07, 6.45) is -2.84. The van der Waals surface area contributed by atoms with Gasteiger partial charge in [0.05, 0.1) is 6.54 Å². The van der Waals surface area contributed by atoms with Crippen LogP contribution in [0, 0.1) is 0 Å². The van der Waals surface area contributed by atoms with Crippen molar-refractivity contribution in [2.45, 2.75) is 25.4 Å². The Morgan fingerprint density at radius 1 is 1.40 bits per heavy atom. The number of carbonyl (C=O) groups excluding carboxylic acids is 1. The van der Waals surface area contributed by atoms with E-state index in [1.54, 1.807) is 0 Å². The number of hydrogen-bond acceptors (Lipinski definition) is 3. The molecule has 1 amide bonds. The summed E-state index contributed by atoms with van der Waals surface area (Å²) in [6.45, 7) is -0.604. The van der Waals surface area contributed by atoms with Gasteiger partial charge >= 0.3 is 6.18 Å². The molecule has 0 aliphatic rings. The lowest BCUT2D eigenvalue weighted by Gasteiger charge is -2.17. The minimum atomic E-state index is -4.16. The molecule has 0 radical (unpaired) electrons. The van der Waals surface area contributed by atoms with E-state index in [4.69, 9.17) is 5.84 Å². The third-order valence-electron chi connectivity index (χ3n) is 1.80. The first-order valence-electron chi connectivity index (χ1n) is 4.60. The number of alkyl halides is 3. The number of carbonyl (C=O) groups is 1. The molecule has 0 saturated carbocycles. The molecule has 0 spiro atoms. The Bertz CT molecular complexity index is 196. The summed E-state index contributed by atoms with van der Waals surface area (Å²) in [5, 5.41) is 0. The van der Waals surface area contributed by atoms with E-state index in [0.29, 0.717) is 19.4 Å². The molecule has 0 aliphatic carbocycles. The maximum absolute atomic E-state index is 11.9. The summed E-state index contributed by atoms with van der Waals surface area (Å²) >= 11 is 0. The Hall–Kier alpha value is -0.820. The molecule has 15 heavy (non-hydrogen) atoms. The van der Waals surface area contributed by atoms with E-state index in [9.17, 15) is 18.0 Å². The summed E-state index contributed by atoms with van der Waals surface area (Å²) in [7, 11) is 1.40. The van der Waals surface area contributed by atoms with Crippen LogP contribution in [-0.4, -0.2) is 37.1 Å². The molecule has 0 heterocycles. The maximum atomic E-state index is 11.9. The topological polar surface area (TPSA) is 58.4 Å². The Kier molecular flexibility index (Phi) is 6.26. The number of nitrogens with two attached hydrogens (primary N) is 1. The number of nitrogens with zero attached hydrogens (tertiary/aromatic N) is 1.